The summed E-state index contributed by atoms with van der Waals surface area (Å²) < 4.78 is 0. The number of rotatable bonds is 6. The van der Waals surface area contributed by atoms with Crippen LogP contribution in [0.15, 0.2) is 35.2 Å². The quantitative estimate of drug-likeness (QED) is 0.718. The van der Waals surface area contributed by atoms with Gasteiger partial charge in [-0.15, -0.1) is 11.8 Å². The van der Waals surface area contributed by atoms with Gasteiger partial charge in [0.1, 0.15) is 0 Å². The molecule has 19 heavy (non-hydrogen) atoms. The molecule has 2 aliphatic carbocycles. The largest absolute Gasteiger partial charge is 0.305 e. The Morgan fingerprint density at radius 3 is 2.68 bits per heavy atom. The van der Waals surface area contributed by atoms with Crippen LogP contribution in [0.2, 0.25) is 0 Å². The maximum absolute atomic E-state index is 2.56. The van der Waals surface area contributed by atoms with Gasteiger partial charge in [0.25, 0.3) is 0 Å². The highest BCUT2D eigenvalue weighted by Crippen LogP contribution is 2.48. The van der Waals surface area contributed by atoms with Crippen molar-refractivity contribution in [3.05, 3.63) is 30.3 Å². The molecule has 1 nitrogen and oxygen atoms in total. The van der Waals surface area contributed by atoms with Gasteiger partial charge in [-0.3, -0.25) is 0 Å². The molecule has 3 atom stereocenters. The van der Waals surface area contributed by atoms with Crippen LogP contribution in [0, 0.1) is 17.8 Å². The molecule has 3 unspecified atom stereocenters. The minimum Gasteiger partial charge on any atom is -0.305 e. The standard InChI is InChI=1S/C17H25NS/c1-18(9-10-19-17-5-3-2-4-6-17)13-16-12-14-7-8-15(16)11-14/h2-6,14-16H,7-13H2,1H3. The van der Waals surface area contributed by atoms with Gasteiger partial charge < -0.3 is 4.90 Å². The van der Waals surface area contributed by atoms with Gasteiger partial charge in [-0.05, 0) is 56.2 Å². The molecule has 0 heterocycles. The molecule has 0 spiro atoms. The second-order valence-corrected chi connectivity index (χ2v) is 7.53. The molecule has 0 aromatic heterocycles. The lowest BCUT2D eigenvalue weighted by atomic mass is 9.88. The Morgan fingerprint density at radius 1 is 1.16 bits per heavy atom. The van der Waals surface area contributed by atoms with Gasteiger partial charge in [0.05, 0.1) is 0 Å². The Morgan fingerprint density at radius 2 is 2.00 bits per heavy atom. The molecular formula is C17H25NS. The highest BCUT2D eigenvalue weighted by Gasteiger charge is 2.39. The lowest BCUT2D eigenvalue weighted by Gasteiger charge is -2.27. The van der Waals surface area contributed by atoms with Crippen LogP contribution in [0.25, 0.3) is 0 Å². The number of hydrogen-bond acceptors (Lipinski definition) is 2. The normalized spacial score (nSPS) is 29.3. The highest BCUT2D eigenvalue weighted by atomic mass is 32.2. The molecule has 0 amide bonds. The fourth-order valence-corrected chi connectivity index (χ4v) is 4.92. The highest BCUT2D eigenvalue weighted by molar-refractivity contribution is 7.99. The molecule has 2 saturated carbocycles. The predicted octanol–water partition coefficient (Wildman–Crippen LogP) is 4.15. The van der Waals surface area contributed by atoms with E-state index in [0.29, 0.717) is 0 Å². The van der Waals surface area contributed by atoms with E-state index in [9.17, 15) is 0 Å². The number of benzene rings is 1. The van der Waals surface area contributed by atoms with E-state index in [2.05, 4.69) is 42.3 Å². The molecule has 2 aliphatic rings. The first-order valence-electron chi connectivity index (χ1n) is 7.67. The number of nitrogens with zero attached hydrogens (tertiary/aromatic N) is 1. The lowest BCUT2D eigenvalue weighted by Crippen LogP contribution is -2.30. The van der Waals surface area contributed by atoms with E-state index in [-0.39, 0.29) is 0 Å². The minimum absolute atomic E-state index is 1.01. The van der Waals surface area contributed by atoms with Crippen LogP contribution in [0.4, 0.5) is 0 Å². The van der Waals surface area contributed by atoms with Crippen LogP contribution >= 0.6 is 11.8 Å². The van der Waals surface area contributed by atoms with Gasteiger partial charge in [-0.1, -0.05) is 24.6 Å². The van der Waals surface area contributed by atoms with Crippen molar-refractivity contribution in [2.75, 3.05) is 25.9 Å². The first-order valence-corrected chi connectivity index (χ1v) is 8.66. The Kier molecular flexibility index (Phi) is 4.49. The average molecular weight is 275 g/mol. The van der Waals surface area contributed by atoms with E-state index in [1.807, 2.05) is 11.8 Å². The van der Waals surface area contributed by atoms with Gasteiger partial charge in [0.2, 0.25) is 0 Å². The topological polar surface area (TPSA) is 3.24 Å². The molecular weight excluding hydrogens is 250 g/mol. The van der Waals surface area contributed by atoms with E-state index in [4.69, 9.17) is 0 Å². The smallest absolute Gasteiger partial charge is 0.0108 e. The van der Waals surface area contributed by atoms with Gasteiger partial charge in [-0.25, -0.2) is 0 Å². The van der Waals surface area contributed by atoms with Crippen molar-refractivity contribution < 1.29 is 0 Å². The number of hydrogen-bond donors (Lipinski definition) is 0. The van der Waals surface area contributed by atoms with Crippen molar-refractivity contribution >= 4 is 11.8 Å². The monoisotopic (exact) mass is 275 g/mol. The zero-order valence-electron chi connectivity index (χ0n) is 11.9. The summed E-state index contributed by atoms with van der Waals surface area (Å²) >= 11 is 1.98. The van der Waals surface area contributed by atoms with Crippen molar-refractivity contribution in [2.24, 2.45) is 17.8 Å². The van der Waals surface area contributed by atoms with Crippen LogP contribution in [-0.2, 0) is 0 Å². The first kappa shape index (κ1) is 13.5. The Labute approximate surface area is 121 Å². The molecule has 0 radical (unpaired) electrons. The van der Waals surface area contributed by atoms with E-state index in [1.165, 1.54) is 49.4 Å². The van der Waals surface area contributed by atoms with E-state index < -0.39 is 0 Å². The summed E-state index contributed by atoms with van der Waals surface area (Å²) in [7, 11) is 2.30. The van der Waals surface area contributed by atoms with E-state index in [1.54, 1.807) is 0 Å². The van der Waals surface area contributed by atoms with Crippen molar-refractivity contribution in [3.63, 3.8) is 0 Å². The molecule has 104 valence electrons. The van der Waals surface area contributed by atoms with Crippen LogP contribution in [0.3, 0.4) is 0 Å². The molecule has 1 aromatic rings. The predicted molar refractivity (Wildman–Crippen MR) is 83.6 cm³/mol. The Balaban J connectivity index is 1.36. The average Bonchev–Trinajstić information content (AvgIpc) is 3.02. The summed E-state index contributed by atoms with van der Waals surface area (Å²) in [5.41, 5.74) is 0. The fourth-order valence-electron chi connectivity index (χ4n) is 3.93. The van der Waals surface area contributed by atoms with Crippen LogP contribution in [-0.4, -0.2) is 30.8 Å². The van der Waals surface area contributed by atoms with Crippen molar-refractivity contribution in [3.8, 4) is 0 Å². The zero-order valence-corrected chi connectivity index (χ0v) is 12.7. The van der Waals surface area contributed by atoms with Gasteiger partial charge in [0, 0.05) is 23.7 Å². The first-order chi connectivity index (χ1) is 9.31. The van der Waals surface area contributed by atoms with Crippen molar-refractivity contribution in [2.45, 2.75) is 30.6 Å². The van der Waals surface area contributed by atoms with E-state index >= 15 is 0 Å². The third kappa shape index (κ3) is 3.55. The molecule has 0 N–H and O–H groups in total. The summed E-state index contributed by atoms with van der Waals surface area (Å²) in [5, 5.41) is 0. The Bertz CT molecular complexity index is 392. The summed E-state index contributed by atoms with van der Waals surface area (Å²) in [5.74, 6) is 4.36. The molecule has 2 heteroatoms. The third-order valence-electron chi connectivity index (χ3n) is 4.92. The van der Waals surface area contributed by atoms with E-state index in [0.717, 1.165) is 17.8 Å². The van der Waals surface area contributed by atoms with Gasteiger partial charge >= 0.3 is 0 Å². The molecule has 2 fully saturated rings. The summed E-state index contributed by atoms with van der Waals surface area (Å²) in [6.07, 6.45) is 6.09. The van der Waals surface area contributed by atoms with Gasteiger partial charge in [-0.2, -0.15) is 0 Å². The van der Waals surface area contributed by atoms with Crippen LogP contribution in [0.1, 0.15) is 25.7 Å². The second-order valence-electron chi connectivity index (χ2n) is 6.36. The number of fused-ring (bicyclic) bond motifs is 2. The van der Waals surface area contributed by atoms with Gasteiger partial charge in [0.15, 0.2) is 0 Å². The summed E-state index contributed by atoms with van der Waals surface area (Å²) in [4.78, 5) is 3.96. The number of thioether (sulfide) groups is 1. The maximum atomic E-state index is 2.56. The SMILES string of the molecule is CN(CCSc1ccccc1)CC1CC2CCC1C2. The fraction of sp³-hybridized carbons (Fsp3) is 0.647. The third-order valence-corrected chi connectivity index (χ3v) is 5.91. The zero-order chi connectivity index (χ0) is 13.1. The molecule has 0 saturated heterocycles. The van der Waals surface area contributed by atoms with Crippen molar-refractivity contribution in [1.29, 1.82) is 0 Å². The molecule has 1 aromatic carbocycles. The minimum atomic E-state index is 1.01. The van der Waals surface area contributed by atoms with Crippen LogP contribution < -0.4 is 0 Å². The maximum Gasteiger partial charge on any atom is 0.0108 e. The van der Waals surface area contributed by atoms with Crippen molar-refractivity contribution in [1.82, 2.24) is 4.90 Å². The van der Waals surface area contributed by atoms with Crippen LogP contribution in [0.5, 0.6) is 0 Å². The lowest BCUT2D eigenvalue weighted by molar-refractivity contribution is 0.228. The summed E-state index contributed by atoms with van der Waals surface area (Å²) in [6.45, 7) is 2.55. The second kappa shape index (κ2) is 6.32. The molecule has 2 bridgehead atoms. The Hall–Kier alpha value is -0.470. The molecule has 3 rings (SSSR count). The molecule has 0 aliphatic heterocycles. The summed E-state index contributed by atoms with van der Waals surface area (Å²) in [6, 6.07) is 10.8.